The molecule has 0 spiro atoms. The van der Waals surface area contributed by atoms with Gasteiger partial charge in [-0.25, -0.2) is 13.1 Å². The van der Waals surface area contributed by atoms with Crippen LogP contribution in [0, 0.1) is 18.3 Å². The first-order valence-electron chi connectivity index (χ1n) is 5.87. The minimum Gasteiger partial charge on any atom is -0.251 e. The number of hydrogen-bond donors (Lipinski definition) is 1. The zero-order valence-electron chi connectivity index (χ0n) is 10.8. The van der Waals surface area contributed by atoms with Gasteiger partial charge in [0.05, 0.1) is 29.3 Å². The first-order chi connectivity index (χ1) is 9.53. The number of sulfonamides is 1. The van der Waals surface area contributed by atoms with Gasteiger partial charge in [-0.1, -0.05) is 5.21 Å². The van der Waals surface area contributed by atoms with Crippen molar-refractivity contribution in [3.63, 3.8) is 0 Å². The highest BCUT2D eigenvalue weighted by Gasteiger charge is 2.16. The minimum absolute atomic E-state index is 0.176. The van der Waals surface area contributed by atoms with E-state index in [1.54, 1.807) is 19.2 Å². The largest absolute Gasteiger partial charge is 0.251 e. The molecular weight excluding hydrogens is 278 g/mol. The molecule has 1 heterocycles. The van der Waals surface area contributed by atoms with E-state index in [4.69, 9.17) is 5.26 Å². The van der Waals surface area contributed by atoms with E-state index in [-0.39, 0.29) is 11.4 Å². The Labute approximate surface area is 116 Å². The van der Waals surface area contributed by atoms with Crippen LogP contribution in [0.25, 0.3) is 0 Å². The van der Waals surface area contributed by atoms with E-state index in [2.05, 4.69) is 15.0 Å². The normalized spacial score (nSPS) is 11.2. The van der Waals surface area contributed by atoms with E-state index in [1.165, 1.54) is 23.0 Å². The molecule has 0 atom stereocenters. The fourth-order valence-corrected chi connectivity index (χ4v) is 2.99. The molecule has 0 unspecified atom stereocenters. The summed E-state index contributed by atoms with van der Waals surface area (Å²) in [5.74, 6) is 0. The van der Waals surface area contributed by atoms with Gasteiger partial charge >= 0.3 is 0 Å². The van der Waals surface area contributed by atoms with Crippen LogP contribution < -0.4 is 4.72 Å². The van der Waals surface area contributed by atoms with E-state index in [0.717, 1.165) is 0 Å². The fraction of sp³-hybridized carbons (Fsp3) is 0.250. The number of nitriles is 1. The molecule has 0 fully saturated rings. The van der Waals surface area contributed by atoms with Gasteiger partial charge in [0.1, 0.15) is 0 Å². The molecule has 0 saturated carbocycles. The van der Waals surface area contributed by atoms with E-state index >= 15 is 0 Å². The summed E-state index contributed by atoms with van der Waals surface area (Å²) in [5, 5.41) is 16.2. The molecule has 0 amide bonds. The van der Waals surface area contributed by atoms with E-state index in [9.17, 15) is 8.42 Å². The molecule has 2 aromatic rings. The summed E-state index contributed by atoms with van der Waals surface area (Å²) in [6.07, 6.45) is 3.18. The van der Waals surface area contributed by atoms with Crippen molar-refractivity contribution in [3.05, 3.63) is 41.7 Å². The third-order valence-electron chi connectivity index (χ3n) is 2.70. The second-order valence-electron chi connectivity index (χ2n) is 4.16. The van der Waals surface area contributed by atoms with Crippen LogP contribution in [0.5, 0.6) is 0 Å². The first kappa shape index (κ1) is 14.2. The maximum Gasteiger partial charge on any atom is 0.240 e. The molecule has 1 aromatic carbocycles. The third kappa shape index (κ3) is 3.20. The lowest BCUT2D eigenvalue weighted by molar-refractivity contribution is 0.552. The van der Waals surface area contributed by atoms with Crippen molar-refractivity contribution in [1.29, 1.82) is 5.26 Å². The Hall–Kier alpha value is -2.24. The Bertz CT molecular complexity index is 732. The molecule has 2 rings (SSSR count). The van der Waals surface area contributed by atoms with Gasteiger partial charge in [-0.15, -0.1) is 5.10 Å². The molecule has 1 aromatic heterocycles. The summed E-state index contributed by atoms with van der Waals surface area (Å²) < 4.78 is 28.3. The maximum absolute atomic E-state index is 12.1. The SMILES string of the molecule is Cc1cc(C#N)ccc1S(=O)(=O)NCCn1ccnn1. The molecule has 7 nitrogen and oxygen atoms in total. The van der Waals surface area contributed by atoms with Gasteiger partial charge in [0.25, 0.3) is 0 Å². The quantitative estimate of drug-likeness (QED) is 0.861. The second-order valence-corrected chi connectivity index (χ2v) is 5.89. The number of nitrogens with zero attached hydrogens (tertiary/aromatic N) is 4. The fourth-order valence-electron chi connectivity index (χ4n) is 1.74. The summed E-state index contributed by atoms with van der Waals surface area (Å²) >= 11 is 0. The van der Waals surface area contributed by atoms with Crippen molar-refractivity contribution in [2.45, 2.75) is 18.4 Å². The van der Waals surface area contributed by atoms with Crippen LogP contribution in [-0.4, -0.2) is 30.0 Å². The summed E-state index contributed by atoms with van der Waals surface area (Å²) in [6.45, 7) is 2.27. The Morgan fingerprint density at radius 2 is 2.25 bits per heavy atom. The summed E-state index contributed by atoms with van der Waals surface area (Å²) in [7, 11) is -3.59. The van der Waals surface area contributed by atoms with Gasteiger partial charge in [0.15, 0.2) is 0 Å². The van der Waals surface area contributed by atoms with Gasteiger partial charge in [0, 0.05) is 12.7 Å². The summed E-state index contributed by atoms with van der Waals surface area (Å²) in [4.78, 5) is 0.176. The highest BCUT2D eigenvalue weighted by atomic mass is 32.2. The average Bonchev–Trinajstić information content (AvgIpc) is 2.91. The van der Waals surface area contributed by atoms with Crippen LogP contribution in [-0.2, 0) is 16.6 Å². The number of hydrogen-bond acceptors (Lipinski definition) is 5. The lowest BCUT2D eigenvalue weighted by Gasteiger charge is -2.09. The Balaban J connectivity index is 2.08. The average molecular weight is 291 g/mol. The van der Waals surface area contributed by atoms with Gasteiger partial charge in [-0.3, -0.25) is 4.68 Å². The van der Waals surface area contributed by atoms with Gasteiger partial charge in [-0.05, 0) is 30.7 Å². The number of benzene rings is 1. The van der Waals surface area contributed by atoms with Crippen LogP contribution in [0.2, 0.25) is 0 Å². The monoisotopic (exact) mass is 291 g/mol. The second kappa shape index (κ2) is 5.81. The van der Waals surface area contributed by atoms with Crippen molar-refractivity contribution < 1.29 is 8.42 Å². The van der Waals surface area contributed by atoms with Crippen LogP contribution >= 0.6 is 0 Å². The lowest BCUT2D eigenvalue weighted by atomic mass is 10.2. The molecule has 0 saturated heterocycles. The first-order valence-corrected chi connectivity index (χ1v) is 7.36. The number of rotatable bonds is 5. The van der Waals surface area contributed by atoms with Crippen molar-refractivity contribution in [2.24, 2.45) is 0 Å². The predicted molar refractivity (Wildman–Crippen MR) is 71.1 cm³/mol. The number of aryl methyl sites for hydroxylation is 1. The minimum atomic E-state index is -3.59. The van der Waals surface area contributed by atoms with E-state index < -0.39 is 10.0 Å². The van der Waals surface area contributed by atoms with Crippen LogP contribution in [0.3, 0.4) is 0 Å². The van der Waals surface area contributed by atoms with Gasteiger partial charge in [0.2, 0.25) is 10.0 Å². The number of nitrogens with one attached hydrogen (secondary N) is 1. The molecule has 0 bridgehead atoms. The summed E-state index contributed by atoms with van der Waals surface area (Å²) in [6, 6.07) is 6.44. The van der Waals surface area contributed by atoms with Gasteiger partial charge in [-0.2, -0.15) is 5.26 Å². The van der Waals surface area contributed by atoms with Crippen molar-refractivity contribution in [1.82, 2.24) is 19.7 Å². The van der Waals surface area contributed by atoms with Crippen LogP contribution in [0.4, 0.5) is 0 Å². The Morgan fingerprint density at radius 3 is 2.85 bits per heavy atom. The molecule has 0 aliphatic carbocycles. The van der Waals surface area contributed by atoms with E-state index in [0.29, 0.717) is 17.7 Å². The number of aromatic nitrogens is 3. The van der Waals surface area contributed by atoms with Gasteiger partial charge < -0.3 is 0 Å². The zero-order chi connectivity index (χ0) is 14.6. The van der Waals surface area contributed by atoms with Crippen molar-refractivity contribution in [2.75, 3.05) is 6.54 Å². The topological polar surface area (TPSA) is 101 Å². The molecule has 104 valence electrons. The Morgan fingerprint density at radius 1 is 1.45 bits per heavy atom. The molecule has 1 N–H and O–H groups in total. The highest BCUT2D eigenvalue weighted by Crippen LogP contribution is 2.16. The van der Waals surface area contributed by atoms with Crippen LogP contribution in [0.15, 0.2) is 35.5 Å². The lowest BCUT2D eigenvalue weighted by Crippen LogP contribution is -2.28. The third-order valence-corrected chi connectivity index (χ3v) is 4.32. The molecule has 0 aliphatic rings. The molecule has 0 aliphatic heterocycles. The zero-order valence-corrected chi connectivity index (χ0v) is 11.6. The molecular formula is C12H13N5O2S. The Kier molecular flexibility index (Phi) is 4.12. The molecule has 8 heteroatoms. The van der Waals surface area contributed by atoms with Crippen molar-refractivity contribution >= 4 is 10.0 Å². The van der Waals surface area contributed by atoms with E-state index in [1.807, 2.05) is 6.07 Å². The smallest absolute Gasteiger partial charge is 0.240 e. The van der Waals surface area contributed by atoms with Crippen molar-refractivity contribution in [3.8, 4) is 6.07 Å². The summed E-state index contributed by atoms with van der Waals surface area (Å²) in [5.41, 5.74) is 0.973. The molecule has 20 heavy (non-hydrogen) atoms. The highest BCUT2D eigenvalue weighted by molar-refractivity contribution is 7.89. The molecule has 0 radical (unpaired) electrons. The van der Waals surface area contributed by atoms with Crippen LogP contribution in [0.1, 0.15) is 11.1 Å². The predicted octanol–water partition coefficient (Wildman–Crippen LogP) is 0.437. The standard InChI is InChI=1S/C12H13N5O2S/c1-10-8-11(9-13)2-3-12(10)20(18,19)15-5-7-17-6-4-14-16-17/h2-4,6,8,15H,5,7H2,1H3. The maximum atomic E-state index is 12.1.